The summed E-state index contributed by atoms with van der Waals surface area (Å²) in [5.41, 5.74) is 4.08. The fourth-order valence-corrected chi connectivity index (χ4v) is 3.84. The molecule has 1 heterocycles. The van der Waals surface area contributed by atoms with Crippen molar-refractivity contribution in [2.75, 3.05) is 13.1 Å². The van der Waals surface area contributed by atoms with E-state index in [1.54, 1.807) is 0 Å². The number of amides is 1. The van der Waals surface area contributed by atoms with Crippen molar-refractivity contribution < 1.29 is 14.3 Å². The molecular weight excluding hydrogens is 376 g/mol. The number of rotatable bonds is 8. The van der Waals surface area contributed by atoms with Gasteiger partial charge in [0.05, 0.1) is 24.9 Å². The molecule has 5 nitrogen and oxygen atoms in total. The molecule has 3 rings (SSSR count). The molecule has 1 fully saturated rings. The topological polar surface area (TPSA) is 50.8 Å². The minimum absolute atomic E-state index is 0.0604. The number of ether oxygens (including phenoxy) is 2. The zero-order chi connectivity index (χ0) is 21.5. The second kappa shape index (κ2) is 10.7. The molecule has 1 saturated heterocycles. The van der Waals surface area contributed by atoms with Gasteiger partial charge < -0.3 is 14.8 Å². The molecule has 0 aromatic heterocycles. The van der Waals surface area contributed by atoms with Crippen LogP contribution in [0, 0.1) is 0 Å². The number of nitrogens with zero attached hydrogens (tertiary/aromatic N) is 1. The molecular formula is C25H34N2O3. The third kappa shape index (κ3) is 6.66. The van der Waals surface area contributed by atoms with Crippen LogP contribution in [0.1, 0.15) is 54.7 Å². The van der Waals surface area contributed by atoms with Crippen LogP contribution in [0.25, 0.3) is 0 Å². The van der Waals surface area contributed by atoms with Crippen LogP contribution in [0.3, 0.4) is 0 Å². The van der Waals surface area contributed by atoms with E-state index in [0.717, 1.165) is 30.8 Å². The van der Waals surface area contributed by atoms with E-state index in [2.05, 4.69) is 24.1 Å². The van der Waals surface area contributed by atoms with Gasteiger partial charge in [-0.15, -0.1) is 0 Å². The average molecular weight is 411 g/mol. The summed E-state index contributed by atoms with van der Waals surface area (Å²) < 4.78 is 11.5. The molecule has 2 atom stereocenters. The highest BCUT2D eigenvalue weighted by Crippen LogP contribution is 2.15. The Bertz CT molecular complexity index is 809. The SMILES string of the molecule is CC(C)OCc1ccccc1CNC(=O)c1ccc(CN2CC(C)OC(C)C2)cc1. The standard InChI is InChI=1S/C25H34N2O3/c1-18(2)29-17-24-8-6-5-7-23(24)13-26-25(28)22-11-9-21(10-12-22)16-27-14-19(3)30-20(4)15-27/h5-12,18-20H,13-17H2,1-4H3,(H,26,28). The van der Waals surface area contributed by atoms with Crippen LogP contribution >= 0.6 is 0 Å². The summed E-state index contributed by atoms with van der Waals surface area (Å²) >= 11 is 0. The quantitative estimate of drug-likeness (QED) is 0.710. The average Bonchev–Trinajstić information content (AvgIpc) is 2.71. The number of hydrogen-bond acceptors (Lipinski definition) is 4. The van der Waals surface area contributed by atoms with Gasteiger partial charge in [0.25, 0.3) is 5.91 Å². The third-order valence-electron chi connectivity index (χ3n) is 5.25. The van der Waals surface area contributed by atoms with E-state index in [1.165, 1.54) is 5.56 Å². The van der Waals surface area contributed by atoms with Crippen molar-refractivity contribution in [3.05, 3.63) is 70.8 Å². The van der Waals surface area contributed by atoms with E-state index in [1.807, 2.05) is 62.4 Å². The number of morpholine rings is 1. The van der Waals surface area contributed by atoms with E-state index in [0.29, 0.717) is 18.7 Å². The normalized spacial score (nSPS) is 19.8. The molecule has 1 aliphatic rings. The number of benzene rings is 2. The maximum Gasteiger partial charge on any atom is 0.251 e. The van der Waals surface area contributed by atoms with Gasteiger partial charge in [0.1, 0.15) is 0 Å². The van der Waals surface area contributed by atoms with Crippen molar-refractivity contribution in [2.24, 2.45) is 0 Å². The maximum absolute atomic E-state index is 12.6. The van der Waals surface area contributed by atoms with Crippen LogP contribution < -0.4 is 5.32 Å². The van der Waals surface area contributed by atoms with E-state index < -0.39 is 0 Å². The largest absolute Gasteiger partial charge is 0.374 e. The first-order chi connectivity index (χ1) is 14.4. The van der Waals surface area contributed by atoms with Crippen LogP contribution in [0.4, 0.5) is 0 Å². The predicted molar refractivity (Wildman–Crippen MR) is 119 cm³/mol. The van der Waals surface area contributed by atoms with Gasteiger partial charge in [-0.25, -0.2) is 0 Å². The van der Waals surface area contributed by atoms with Gasteiger partial charge in [-0.2, -0.15) is 0 Å². The van der Waals surface area contributed by atoms with Gasteiger partial charge >= 0.3 is 0 Å². The van der Waals surface area contributed by atoms with Crippen LogP contribution in [0.15, 0.2) is 48.5 Å². The van der Waals surface area contributed by atoms with Gasteiger partial charge in [0.2, 0.25) is 0 Å². The lowest BCUT2D eigenvalue weighted by molar-refractivity contribution is -0.0704. The number of carbonyl (C=O) groups is 1. The molecule has 2 unspecified atom stereocenters. The number of carbonyl (C=O) groups excluding carboxylic acids is 1. The Morgan fingerprint density at radius 1 is 1.07 bits per heavy atom. The van der Waals surface area contributed by atoms with E-state index >= 15 is 0 Å². The zero-order valence-corrected chi connectivity index (χ0v) is 18.6. The smallest absolute Gasteiger partial charge is 0.251 e. The van der Waals surface area contributed by atoms with Crippen molar-refractivity contribution in [1.82, 2.24) is 10.2 Å². The molecule has 1 amide bonds. The van der Waals surface area contributed by atoms with Crippen LogP contribution in [-0.4, -0.2) is 42.2 Å². The highest BCUT2D eigenvalue weighted by molar-refractivity contribution is 5.94. The number of hydrogen-bond donors (Lipinski definition) is 1. The molecule has 0 aliphatic carbocycles. The van der Waals surface area contributed by atoms with Crippen LogP contribution in [0.2, 0.25) is 0 Å². The summed E-state index contributed by atoms with van der Waals surface area (Å²) in [6.07, 6.45) is 0.690. The first kappa shape index (κ1) is 22.5. The Balaban J connectivity index is 1.54. The Hall–Kier alpha value is -2.21. The van der Waals surface area contributed by atoms with Gasteiger partial charge in [-0.3, -0.25) is 9.69 Å². The highest BCUT2D eigenvalue weighted by atomic mass is 16.5. The molecule has 30 heavy (non-hydrogen) atoms. The second-order valence-electron chi connectivity index (χ2n) is 8.46. The minimum Gasteiger partial charge on any atom is -0.374 e. The van der Waals surface area contributed by atoms with Gasteiger partial charge in [-0.05, 0) is 56.5 Å². The van der Waals surface area contributed by atoms with Crippen molar-refractivity contribution in [1.29, 1.82) is 0 Å². The van der Waals surface area contributed by atoms with E-state index in [4.69, 9.17) is 9.47 Å². The molecule has 0 radical (unpaired) electrons. The summed E-state index contributed by atoms with van der Waals surface area (Å²) in [5, 5.41) is 3.03. The Morgan fingerprint density at radius 3 is 2.33 bits per heavy atom. The van der Waals surface area contributed by atoms with Gasteiger partial charge in [0, 0.05) is 31.7 Å². The van der Waals surface area contributed by atoms with E-state index in [9.17, 15) is 4.79 Å². The predicted octanol–water partition coefficient (Wildman–Crippen LogP) is 4.15. The lowest BCUT2D eigenvalue weighted by Crippen LogP contribution is -2.44. The lowest BCUT2D eigenvalue weighted by atomic mass is 10.1. The van der Waals surface area contributed by atoms with Crippen molar-refractivity contribution >= 4 is 5.91 Å². The molecule has 162 valence electrons. The van der Waals surface area contributed by atoms with Crippen molar-refractivity contribution in [3.8, 4) is 0 Å². The van der Waals surface area contributed by atoms with Crippen molar-refractivity contribution in [3.63, 3.8) is 0 Å². The molecule has 0 saturated carbocycles. The molecule has 2 aromatic rings. The summed E-state index contributed by atoms with van der Waals surface area (Å²) in [7, 11) is 0. The van der Waals surface area contributed by atoms with Crippen LogP contribution in [-0.2, 0) is 29.2 Å². The molecule has 1 N–H and O–H groups in total. The summed E-state index contributed by atoms with van der Waals surface area (Å²) in [6, 6.07) is 16.0. The van der Waals surface area contributed by atoms with Gasteiger partial charge in [0.15, 0.2) is 0 Å². The lowest BCUT2D eigenvalue weighted by Gasteiger charge is -2.35. The molecule has 5 heteroatoms. The summed E-state index contributed by atoms with van der Waals surface area (Å²) in [4.78, 5) is 15.0. The fraction of sp³-hybridized carbons (Fsp3) is 0.480. The Morgan fingerprint density at radius 2 is 1.70 bits per heavy atom. The molecule has 1 aliphatic heterocycles. The first-order valence-electron chi connectivity index (χ1n) is 10.8. The molecule has 2 aromatic carbocycles. The van der Waals surface area contributed by atoms with Crippen LogP contribution in [0.5, 0.6) is 0 Å². The zero-order valence-electron chi connectivity index (χ0n) is 18.6. The first-order valence-corrected chi connectivity index (χ1v) is 10.8. The number of nitrogens with one attached hydrogen (secondary N) is 1. The monoisotopic (exact) mass is 410 g/mol. The Kier molecular flexibility index (Phi) is 8.02. The minimum atomic E-state index is -0.0604. The molecule has 0 spiro atoms. The highest BCUT2D eigenvalue weighted by Gasteiger charge is 2.22. The second-order valence-corrected chi connectivity index (χ2v) is 8.46. The van der Waals surface area contributed by atoms with Crippen molar-refractivity contribution in [2.45, 2.75) is 65.7 Å². The third-order valence-corrected chi connectivity index (χ3v) is 5.25. The Labute approximate surface area is 180 Å². The van der Waals surface area contributed by atoms with Gasteiger partial charge in [-0.1, -0.05) is 36.4 Å². The fourth-order valence-electron chi connectivity index (χ4n) is 3.84. The maximum atomic E-state index is 12.6. The summed E-state index contributed by atoms with van der Waals surface area (Å²) in [6.45, 7) is 12.1. The summed E-state index contributed by atoms with van der Waals surface area (Å²) in [5.74, 6) is -0.0604. The molecule has 0 bridgehead atoms. The van der Waals surface area contributed by atoms with E-state index in [-0.39, 0.29) is 24.2 Å².